The van der Waals surface area contributed by atoms with E-state index in [0.29, 0.717) is 5.92 Å². The van der Waals surface area contributed by atoms with Crippen molar-refractivity contribution in [3.63, 3.8) is 0 Å². The Balaban J connectivity index is 1.78. The minimum absolute atomic E-state index is 0.663. The van der Waals surface area contributed by atoms with Crippen molar-refractivity contribution in [1.82, 2.24) is 15.3 Å². The molecule has 1 fully saturated rings. The van der Waals surface area contributed by atoms with Crippen LogP contribution in [0.1, 0.15) is 49.5 Å². The van der Waals surface area contributed by atoms with Gasteiger partial charge in [-0.25, -0.2) is 4.98 Å². The zero-order chi connectivity index (χ0) is 11.9. The third-order valence-corrected chi connectivity index (χ3v) is 3.44. The lowest BCUT2D eigenvalue weighted by atomic mass is 9.89. The van der Waals surface area contributed by atoms with Crippen molar-refractivity contribution in [3.8, 4) is 0 Å². The summed E-state index contributed by atoms with van der Waals surface area (Å²) in [6.07, 6.45) is 8.65. The minimum atomic E-state index is 0.663. The highest BCUT2D eigenvalue weighted by Gasteiger charge is 2.17. The molecule has 2 N–H and O–H groups in total. The topological polar surface area (TPSA) is 49.9 Å². The maximum Gasteiger partial charge on any atom is 0.109 e. The van der Waals surface area contributed by atoms with Crippen LogP contribution in [0.25, 0.3) is 0 Å². The van der Waals surface area contributed by atoms with E-state index in [0.717, 1.165) is 19.7 Å². The summed E-state index contributed by atoms with van der Waals surface area (Å²) in [4.78, 5) is 7.96. The summed E-state index contributed by atoms with van der Waals surface area (Å²) in [5.41, 5.74) is 1.18. The molecule has 1 aromatic rings. The van der Waals surface area contributed by atoms with Gasteiger partial charge in [0, 0.05) is 38.0 Å². The van der Waals surface area contributed by atoms with Crippen LogP contribution in [0.5, 0.6) is 0 Å². The average molecular weight is 237 g/mol. The molecule has 1 aromatic heterocycles. The zero-order valence-electron chi connectivity index (χ0n) is 10.7. The Morgan fingerprint density at radius 1 is 1.41 bits per heavy atom. The first-order chi connectivity index (χ1) is 8.40. The van der Waals surface area contributed by atoms with Gasteiger partial charge in [0.05, 0.1) is 6.61 Å². The van der Waals surface area contributed by atoms with Crippen LogP contribution in [0.2, 0.25) is 0 Å². The number of hydrogen-bond acceptors (Lipinski definition) is 3. The molecule has 0 aliphatic heterocycles. The van der Waals surface area contributed by atoms with Crippen LogP contribution < -0.4 is 5.32 Å². The van der Waals surface area contributed by atoms with Gasteiger partial charge in [0.2, 0.25) is 0 Å². The van der Waals surface area contributed by atoms with E-state index < -0.39 is 0 Å². The fourth-order valence-corrected chi connectivity index (χ4v) is 2.45. The lowest BCUT2D eigenvalue weighted by molar-refractivity contribution is 0.199. The summed E-state index contributed by atoms with van der Waals surface area (Å²) in [6.45, 7) is 2.49. The van der Waals surface area contributed by atoms with Gasteiger partial charge < -0.3 is 15.0 Å². The number of aromatic amines is 1. The average Bonchev–Trinajstić information content (AvgIpc) is 2.85. The normalized spacial score (nSPS) is 17.5. The van der Waals surface area contributed by atoms with Crippen molar-refractivity contribution >= 4 is 0 Å². The standard InChI is InChI=1S/C13H23N3O/c1-17-8-7-14-9-12-10-15-13(16-12)11-5-3-2-4-6-11/h10-11,14H,2-9H2,1H3,(H,15,16). The molecule has 96 valence electrons. The van der Waals surface area contributed by atoms with Crippen molar-refractivity contribution in [3.05, 3.63) is 17.7 Å². The minimum Gasteiger partial charge on any atom is -0.383 e. The summed E-state index contributed by atoms with van der Waals surface area (Å²) in [5.74, 6) is 1.85. The van der Waals surface area contributed by atoms with Crippen LogP contribution in [0.3, 0.4) is 0 Å². The Bertz CT molecular complexity index is 318. The zero-order valence-corrected chi connectivity index (χ0v) is 10.7. The quantitative estimate of drug-likeness (QED) is 0.746. The molecule has 17 heavy (non-hydrogen) atoms. The molecule has 2 rings (SSSR count). The van der Waals surface area contributed by atoms with Crippen molar-refractivity contribution in [2.45, 2.75) is 44.6 Å². The molecule has 4 heteroatoms. The van der Waals surface area contributed by atoms with Gasteiger partial charge >= 0.3 is 0 Å². The smallest absolute Gasteiger partial charge is 0.109 e. The van der Waals surface area contributed by atoms with Gasteiger partial charge in [-0.1, -0.05) is 19.3 Å². The molecule has 4 nitrogen and oxygen atoms in total. The van der Waals surface area contributed by atoms with Gasteiger partial charge in [-0.3, -0.25) is 0 Å². The lowest BCUT2D eigenvalue weighted by Gasteiger charge is -2.19. The SMILES string of the molecule is COCCNCc1cnc(C2CCCCC2)[nH]1. The Kier molecular flexibility index (Phi) is 5.01. The van der Waals surface area contributed by atoms with Crippen LogP contribution in [0.15, 0.2) is 6.20 Å². The highest BCUT2D eigenvalue weighted by Crippen LogP contribution is 2.30. The number of aromatic nitrogens is 2. The number of methoxy groups -OCH3 is 1. The number of ether oxygens (including phenoxy) is 1. The van der Waals surface area contributed by atoms with E-state index in [9.17, 15) is 0 Å². The van der Waals surface area contributed by atoms with E-state index in [4.69, 9.17) is 4.74 Å². The van der Waals surface area contributed by atoms with Gasteiger partial charge in [-0.2, -0.15) is 0 Å². The second kappa shape index (κ2) is 6.77. The van der Waals surface area contributed by atoms with Crippen LogP contribution >= 0.6 is 0 Å². The molecule has 0 unspecified atom stereocenters. The molecule has 0 radical (unpaired) electrons. The Labute approximate surface area is 103 Å². The van der Waals surface area contributed by atoms with Crippen LogP contribution in [-0.2, 0) is 11.3 Å². The predicted octanol–water partition coefficient (Wildman–Crippen LogP) is 2.19. The Hall–Kier alpha value is -0.870. The molecule has 0 atom stereocenters. The van der Waals surface area contributed by atoms with Crippen LogP contribution in [0.4, 0.5) is 0 Å². The first-order valence-corrected chi connectivity index (χ1v) is 6.63. The molecular weight excluding hydrogens is 214 g/mol. The van der Waals surface area contributed by atoms with Crippen molar-refractivity contribution in [1.29, 1.82) is 0 Å². The number of H-pyrrole nitrogens is 1. The molecule has 1 saturated carbocycles. The van der Waals surface area contributed by atoms with Crippen molar-refractivity contribution < 1.29 is 4.74 Å². The highest BCUT2D eigenvalue weighted by atomic mass is 16.5. The Morgan fingerprint density at radius 3 is 3.00 bits per heavy atom. The van der Waals surface area contributed by atoms with E-state index in [-0.39, 0.29) is 0 Å². The second-order valence-corrected chi connectivity index (χ2v) is 4.80. The monoisotopic (exact) mass is 237 g/mol. The molecule has 0 amide bonds. The molecule has 1 aliphatic carbocycles. The molecule has 0 bridgehead atoms. The van der Waals surface area contributed by atoms with Gasteiger partial charge in [-0.15, -0.1) is 0 Å². The predicted molar refractivity (Wildman–Crippen MR) is 68.0 cm³/mol. The Morgan fingerprint density at radius 2 is 2.24 bits per heavy atom. The molecule has 0 saturated heterocycles. The second-order valence-electron chi connectivity index (χ2n) is 4.80. The van der Waals surface area contributed by atoms with Gasteiger partial charge in [0.25, 0.3) is 0 Å². The van der Waals surface area contributed by atoms with Gasteiger partial charge in [0.15, 0.2) is 0 Å². The summed E-state index contributed by atoms with van der Waals surface area (Å²) in [5, 5.41) is 3.32. The van der Waals surface area contributed by atoms with Gasteiger partial charge in [-0.05, 0) is 12.8 Å². The molecule has 0 spiro atoms. The van der Waals surface area contributed by atoms with Gasteiger partial charge in [0.1, 0.15) is 5.82 Å². The molecule has 0 aromatic carbocycles. The van der Waals surface area contributed by atoms with Crippen LogP contribution in [-0.4, -0.2) is 30.2 Å². The molecule has 1 aliphatic rings. The fraction of sp³-hybridized carbons (Fsp3) is 0.769. The van der Waals surface area contributed by atoms with Crippen molar-refractivity contribution in [2.24, 2.45) is 0 Å². The number of rotatable bonds is 6. The maximum absolute atomic E-state index is 4.99. The van der Waals surface area contributed by atoms with Crippen molar-refractivity contribution in [2.75, 3.05) is 20.3 Å². The molecule has 1 heterocycles. The highest BCUT2D eigenvalue weighted by molar-refractivity contribution is 5.06. The summed E-state index contributed by atoms with van der Waals surface area (Å²) >= 11 is 0. The first kappa shape index (κ1) is 12.6. The molecular formula is C13H23N3O. The number of nitrogens with zero attached hydrogens (tertiary/aromatic N) is 1. The maximum atomic E-state index is 4.99. The fourth-order valence-electron chi connectivity index (χ4n) is 2.45. The summed E-state index contributed by atoms with van der Waals surface area (Å²) in [7, 11) is 1.72. The van der Waals surface area contributed by atoms with E-state index in [1.165, 1.54) is 43.6 Å². The third-order valence-electron chi connectivity index (χ3n) is 3.44. The number of imidazole rings is 1. The summed E-state index contributed by atoms with van der Waals surface area (Å²) < 4.78 is 4.99. The van der Waals surface area contributed by atoms with E-state index in [1.807, 2.05) is 6.20 Å². The third kappa shape index (κ3) is 3.82. The first-order valence-electron chi connectivity index (χ1n) is 6.63. The largest absolute Gasteiger partial charge is 0.383 e. The van der Waals surface area contributed by atoms with E-state index in [1.54, 1.807) is 7.11 Å². The van der Waals surface area contributed by atoms with E-state index in [2.05, 4.69) is 15.3 Å². The van der Waals surface area contributed by atoms with E-state index >= 15 is 0 Å². The number of hydrogen-bond donors (Lipinski definition) is 2. The lowest BCUT2D eigenvalue weighted by Crippen LogP contribution is -2.18. The summed E-state index contributed by atoms with van der Waals surface area (Å²) in [6, 6.07) is 0. The number of nitrogens with one attached hydrogen (secondary N) is 2. The van der Waals surface area contributed by atoms with Crippen LogP contribution in [0, 0.1) is 0 Å².